The van der Waals surface area contributed by atoms with Crippen LogP contribution in [0.5, 0.6) is 5.75 Å². The van der Waals surface area contributed by atoms with Crippen LogP contribution in [0.1, 0.15) is 11.1 Å². The second-order valence-corrected chi connectivity index (χ2v) is 7.78. The summed E-state index contributed by atoms with van der Waals surface area (Å²) in [5.74, 6) is 2.28. The molecule has 7 heteroatoms. The van der Waals surface area contributed by atoms with Gasteiger partial charge in [-0.05, 0) is 41.3 Å². The first-order chi connectivity index (χ1) is 13.8. The van der Waals surface area contributed by atoms with Gasteiger partial charge in [-0.1, -0.05) is 42.1 Å². The third-order valence-electron chi connectivity index (χ3n) is 4.15. The van der Waals surface area contributed by atoms with Crippen LogP contribution in [0.25, 0.3) is 16.4 Å². The van der Waals surface area contributed by atoms with Crippen molar-refractivity contribution in [3.63, 3.8) is 0 Å². The average Bonchev–Trinajstić information content (AvgIpc) is 3.42. The molecule has 2 aromatic heterocycles. The van der Waals surface area contributed by atoms with Gasteiger partial charge in [0.2, 0.25) is 0 Å². The van der Waals surface area contributed by atoms with Crippen LogP contribution in [-0.2, 0) is 5.75 Å². The van der Waals surface area contributed by atoms with Crippen molar-refractivity contribution in [3.05, 3.63) is 77.2 Å². The number of rotatable bonds is 6. The molecular weight excluding hydrogens is 388 g/mol. The SMILES string of the molecule is COc1ccccc1-n1c(SCc2ccc(C#N)cc2)nnc1-c1cccs1. The maximum absolute atomic E-state index is 8.95. The monoisotopic (exact) mass is 404 g/mol. The molecule has 4 rings (SSSR count). The number of hydrogen-bond donors (Lipinski definition) is 0. The first-order valence-corrected chi connectivity index (χ1v) is 10.4. The minimum Gasteiger partial charge on any atom is -0.495 e. The molecule has 0 aliphatic heterocycles. The lowest BCUT2D eigenvalue weighted by molar-refractivity contribution is 0.412. The van der Waals surface area contributed by atoms with E-state index < -0.39 is 0 Å². The summed E-state index contributed by atoms with van der Waals surface area (Å²) >= 11 is 3.23. The fourth-order valence-electron chi connectivity index (χ4n) is 2.78. The lowest BCUT2D eigenvalue weighted by atomic mass is 10.2. The molecule has 0 aliphatic carbocycles. The number of ether oxygens (including phenoxy) is 1. The molecule has 138 valence electrons. The zero-order valence-electron chi connectivity index (χ0n) is 15.1. The number of methoxy groups -OCH3 is 1. The zero-order chi connectivity index (χ0) is 19.3. The molecule has 0 atom stereocenters. The predicted molar refractivity (Wildman–Crippen MR) is 112 cm³/mol. The summed E-state index contributed by atoms with van der Waals surface area (Å²) in [6.45, 7) is 0. The molecule has 5 nitrogen and oxygen atoms in total. The summed E-state index contributed by atoms with van der Waals surface area (Å²) in [4.78, 5) is 1.05. The van der Waals surface area contributed by atoms with Gasteiger partial charge >= 0.3 is 0 Å². The smallest absolute Gasteiger partial charge is 0.196 e. The summed E-state index contributed by atoms with van der Waals surface area (Å²) in [5, 5.41) is 20.7. The maximum Gasteiger partial charge on any atom is 0.196 e. The highest BCUT2D eigenvalue weighted by molar-refractivity contribution is 7.98. The molecule has 0 fully saturated rings. The van der Waals surface area contributed by atoms with Crippen LogP contribution in [-0.4, -0.2) is 21.9 Å². The highest BCUT2D eigenvalue weighted by atomic mass is 32.2. The predicted octanol–water partition coefficient (Wildman–Crippen LogP) is 5.17. The van der Waals surface area contributed by atoms with Crippen molar-refractivity contribution in [2.24, 2.45) is 0 Å². The van der Waals surface area contributed by atoms with Gasteiger partial charge in [-0.15, -0.1) is 21.5 Å². The van der Waals surface area contributed by atoms with E-state index in [4.69, 9.17) is 10.00 Å². The number of nitrogens with zero attached hydrogens (tertiary/aromatic N) is 4. The summed E-state index contributed by atoms with van der Waals surface area (Å²) in [5.41, 5.74) is 2.68. The van der Waals surface area contributed by atoms with Crippen LogP contribution in [0.3, 0.4) is 0 Å². The minimum atomic E-state index is 0.658. The molecule has 0 N–H and O–H groups in total. The maximum atomic E-state index is 8.95. The molecule has 2 aromatic carbocycles. The van der Waals surface area contributed by atoms with Crippen LogP contribution < -0.4 is 4.74 Å². The average molecular weight is 405 g/mol. The Balaban J connectivity index is 1.72. The lowest BCUT2D eigenvalue weighted by Crippen LogP contribution is -2.01. The molecule has 0 radical (unpaired) electrons. The van der Waals surface area contributed by atoms with E-state index in [-0.39, 0.29) is 0 Å². The Kier molecular flexibility index (Phi) is 5.42. The quantitative estimate of drug-likeness (QED) is 0.415. The summed E-state index contributed by atoms with van der Waals surface area (Å²) in [6.07, 6.45) is 0. The zero-order valence-corrected chi connectivity index (χ0v) is 16.7. The van der Waals surface area contributed by atoms with Gasteiger partial charge in [0.1, 0.15) is 5.75 Å². The third kappa shape index (κ3) is 3.65. The first-order valence-electron chi connectivity index (χ1n) is 8.54. The van der Waals surface area contributed by atoms with E-state index in [2.05, 4.69) is 16.3 Å². The van der Waals surface area contributed by atoms with Crippen LogP contribution in [0.4, 0.5) is 0 Å². The number of hydrogen-bond acceptors (Lipinski definition) is 6. The van der Waals surface area contributed by atoms with Crippen LogP contribution in [0.15, 0.2) is 71.2 Å². The van der Waals surface area contributed by atoms with Crippen molar-refractivity contribution in [1.82, 2.24) is 14.8 Å². The van der Waals surface area contributed by atoms with Crippen LogP contribution in [0, 0.1) is 11.3 Å². The second kappa shape index (κ2) is 8.30. The Morgan fingerprint density at radius 2 is 1.89 bits per heavy atom. The van der Waals surface area contributed by atoms with Crippen molar-refractivity contribution in [1.29, 1.82) is 5.26 Å². The highest BCUT2D eigenvalue weighted by Crippen LogP contribution is 2.34. The van der Waals surface area contributed by atoms with Crippen molar-refractivity contribution < 1.29 is 4.74 Å². The van der Waals surface area contributed by atoms with E-state index in [0.717, 1.165) is 38.6 Å². The number of benzene rings is 2. The van der Waals surface area contributed by atoms with Gasteiger partial charge in [0, 0.05) is 5.75 Å². The number of aromatic nitrogens is 3. The Morgan fingerprint density at radius 3 is 2.61 bits per heavy atom. The van der Waals surface area contributed by atoms with Gasteiger partial charge in [0.15, 0.2) is 11.0 Å². The standard InChI is InChI=1S/C21H16N4OS2/c1-26-18-6-3-2-5-17(18)25-20(19-7-4-12-27-19)23-24-21(25)28-14-16-10-8-15(13-22)9-11-16/h2-12H,14H2,1H3. The van der Waals surface area contributed by atoms with Crippen molar-refractivity contribution >= 4 is 23.1 Å². The van der Waals surface area contributed by atoms with E-state index in [1.165, 1.54) is 0 Å². The van der Waals surface area contributed by atoms with Crippen molar-refractivity contribution in [2.75, 3.05) is 7.11 Å². The molecule has 2 heterocycles. The fraction of sp³-hybridized carbons (Fsp3) is 0.0952. The van der Waals surface area contributed by atoms with Gasteiger partial charge in [0.05, 0.1) is 29.3 Å². The normalized spacial score (nSPS) is 10.6. The Morgan fingerprint density at radius 1 is 1.07 bits per heavy atom. The summed E-state index contributed by atoms with van der Waals surface area (Å²) < 4.78 is 7.61. The number of para-hydroxylation sites is 2. The van der Waals surface area contributed by atoms with Gasteiger partial charge in [0.25, 0.3) is 0 Å². The molecular formula is C21H16N4OS2. The van der Waals surface area contributed by atoms with E-state index in [1.807, 2.05) is 70.6 Å². The molecule has 0 saturated carbocycles. The Labute approximate surface area is 171 Å². The number of nitriles is 1. The first kappa shape index (κ1) is 18.3. The largest absolute Gasteiger partial charge is 0.495 e. The Hall–Kier alpha value is -3.08. The van der Waals surface area contributed by atoms with Crippen LogP contribution in [0.2, 0.25) is 0 Å². The third-order valence-corrected chi connectivity index (χ3v) is 6.02. The van der Waals surface area contributed by atoms with E-state index in [0.29, 0.717) is 5.56 Å². The molecule has 28 heavy (non-hydrogen) atoms. The van der Waals surface area contributed by atoms with Gasteiger partial charge in [-0.2, -0.15) is 5.26 Å². The van der Waals surface area contributed by atoms with Gasteiger partial charge < -0.3 is 4.74 Å². The second-order valence-electron chi connectivity index (χ2n) is 5.89. The highest BCUT2D eigenvalue weighted by Gasteiger charge is 2.19. The molecule has 0 amide bonds. The molecule has 0 spiro atoms. The van der Waals surface area contributed by atoms with Gasteiger partial charge in [-0.3, -0.25) is 4.57 Å². The molecule has 0 bridgehead atoms. The minimum absolute atomic E-state index is 0.658. The number of thioether (sulfide) groups is 1. The van der Waals surface area contributed by atoms with Crippen molar-refractivity contribution in [3.8, 4) is 28.2 Å². The summed E-state index contributed by atoms with van der Waals surface area (Å²) in [7, 11) is 1.66. The molecule has 0 aliphatic rings. The summed E-state index contributed by atoms with van der Waals surface area (Å²) in [6, 6.07) is 21.6. The van der Waals surface area contributed by atoms with Crippen LogP contribution >= 0.6 is 23.1 Å². The molecule has 4 aromatic rings. The lowest BCUT2D eigenvalue weighted by Gasteiger charge is -2.13. The van der Waals surface area contributed by atoms with Crippen molar-refractivity contribution in [2.45, 2.75) is 10.9 Å². The molecule has 0 saturated heterocycles. The Bertz CT molecular complexity index is 1110. The van der Waals surface area contributed by atoms with Gasteiger partial charge in [-0.25, -0.2) is 0 Å². The fourth-order valence-corrected chi connectivity index (χ4v) is 4.38. The topological polar surface area (TPSA) is 63.7 Å². The van der Waals surface area contributed by atoms with E-state index in [9.17, 15) is 0 Å². The molecule has 0 unspecified atom stereocenters. The van der Waals surface area contributed by atoms with E-state index in [1.54, 1.807) is 30.2 Å². The number of thiophene rings is 1. The van der Waals surface area contributed by atoms with E-state index >= 15 is 0 Å².